The van der Waals surface area contributed by atoms with Crippen LogP contribution < -0.4 is 5.73 Å². The lowest BCUT2D eigenvalue weighted by molar-refractivity contribution is -0.112. The van der Waals surface area contributed by atoms with Crippen molar-refractivity contribution < 1.29 is 18.7 Å². The van der Waals surface area contributed by atoms with Gasteiger partial charge in [0.25, 0.3) is 5.91 Å². The Morgan fingerprint density at radius 2 is 1.96 bits per heavy atom. The Morgan fingerprint density at radius 1 is 1.24 bits per heavy atom. The monoisotopic (exact) mass is 361 g/mol. The van der Waals surface area contributed by atoms with Crippen LogP contribution in [0.2, 0.25) is 0 Å². The van der Waals surface area contributed by atoms with Gasteiger partial charge in [-0.25, -0.2) is 0 Å². The van der Waals surface area contributed by atoms with Crippen molar-refractivity contribution in [1.82, 2.24) is 4.98 Å². The van der Waals surface area contributed by atoms with Crippen molar-refractivity contribution in [2.24, 2.45) is 10.9 Å². The molecule has 1 fully saturated rings. The zero-order valence-corrected chi connectivity index (χ0v) is 14.2. The van der Waals surface area contributed by atoms with Gasteiger partial charge in [0.15, 0.2) is 12.3 Å². The number of carbonyl (C=O) groups is 1. The molecular formula is C17H19N3O4S. The van der Waals surface area contributed by atoms with Crippen molar-refractivity contribution in [3.63, 3.8) is 0 Å². The van der Waals surface area contributed by atoms with E-state index in [-0.39, 0.29) is 17.6 Å². The number of nitrogens with zero attached hydrogens (tertiary/aromatic N) is 2. The van der Waals surface area contributed by atoms with Crippen molar-refractivity contribution >= 4 is 22.2 Å². The average molecular weight is 361 g/mol. The Balaban J connectivity index is 1.74. The van der Waals surface area contributed by atoms with Gasteiger partial charge in [-0.3, -0.25) is 18.9 Å². The number of carbonyl (C=O) groups excluding carboxylic acids is 1. The number of nitrogens with two attached hydrogens (primary N) is 1. The quantitative estimate of drug-likeness (QED) is 0.518. The minimum absolute atomic E-state index is 0.0367. The summed E-state index contributed by atoms with van der Waals surface area (Å²) in [5.41, 5.74) is 6.45. The van der Waals surface area contributed by atoms with Crippen LogP contribution in [-0.4, -0.2) is 31.0 Å². The lowest BCUT2D eigenvalue weighted by atomic mass is 10.1. The van der Waals surface area contributed by atoms with Crippen LogP contribution >= 0.6 is 10.6 Å². The van der Waals surface area contributed by atoms with E-state index in [1.807, 2.05) is 6.07 Å². The molecule has 0 spiro atoms. The smallest absolute Gasteiger partial charge is 0.271 e. The van der Waals surface area contributed by atoms with Gasteiger partial charge in [0.2, 0.25) is 0 Å². The molecule has 1 saturated carbocycles. The van der Waals surface area contributed by atoms with Crippen molar-refractivity contribution in [2.45, 2.75) is 29.6 Å². The van der Waals surface area contributed by atoms with Crippen molar-refractivity contribution in [1.29, 1.82) is 0 Å². The summed E-state index contributed by atoms with van der Waals surface area (Å²) in [6.07, 6.45) is 3.27. The van der Waals surface area contributed by atoms with Gasteiger partial charge in [0, 0.05) is 11.8 Å². The molecule has 0 saturated heterocycles. The van der Waals surface area contributed by atoms with Crippen LogP contribution in [0, 0.1) is 0 Å². The van der Waals surface area contributed by atoms with E-state index in [0.717, 1.165) is 12.8 Å². The number of rotatable bonds is 7. The SMILES string of the molecule is NC(=O)/C(=N/OCc1ccccn1)c1ccc(S(O)(O)C2CC2)cc1. The van der Waals surface area contributed by atoms with Gasteiger partial charge in [-0.05, 0) is 37.1 Å². The molecule has 4 N–H and O–H groups in total. The summed E-state index contributed by atoms with van der Waals surface area (Å²) in [4.78, 5) is 21.4. The van der Waals surface area contributed by atoms with E-state index < -0.39 is 16.5 Å². The summed E-state index contributed by atoms with van der Waals surface area (Å²) in [5.74, 6) is -0.734. The lowest BCUT2D eigenvalue weighted by Crippen LogP contribution is -2.24. The Bertz CT molecular complexity index is 774. The normalized spacial score (nSPS) is 15.7. The highest BCUT2D eigenvalue weighted by atomic mass is 32.3. The number of oxime groups is 1. The third-order valence-corrected chi connectivity index (χ3v) is 6.16. The van der Waals surface area contributed by atoms with Gasteiger partial charge in [-0.15, -0.1) is 0 Å². The maximum atomic E-state index is 11.6. The fourth-order valence-electron chi connectivity index (χ4n) is 2.29. The van der Waals surface area contributed by atoms with Crippen LogP contribution in [0.5, 0.6) is 0 Å². The minimum atomic E-state index is -2.78. The topological polar surface area (TPSA) is 118 Å². The van der Waals surface area contributed by atoms with Gasteiger partial charge in [0.1, 0.15) is 0 Å². The van der Waals surface area contributed by atoms with Crippen LogP contribution in [-0.2, 0) is 16.2 Å². The molecule has 1 amide bonds. The van der Waals surface area contributed by atoms with Crippen LogP contribution in [0.4, 0.5) is 0 Å². The molecule has 1 heterocycles. The third-order valence-electron chi connectivity index (χ3n) is 3.79. The number of amides is 1. The molecule has 3 rings (SSSR count). The number of hydrogen-bond donors (Lipinski definition) is 3. The minimum Gasteiger partial charge on any atom is -0.389 e. The van der Waals surface area contributed by atoms with Crippen LogP contribution in [0.25, 0.3) is 0 Å². The molecule has 0 unspecified atom stereocenters. The van der Waals surface area contributed by atoms with Gasteiger partial charge >= 0.3 is 0 Å². The van der Waals surface area contributed by atoms with Crippen molar-refractivity contribution in [2.75, 3.05) is 0 Å². The summed E-state index contributed by atoms with van der Waals surface area (Å²) in [6, 6.07) is 11.7. The van der Waals surface area contributed by atoms with Crippen LogP contribution in [0.1, 0.15) is 24.1 Å². The summed E-state index contributed by atoms with van der Waals surface area (Å²) in [7, 11) is -2.78. The lowest BCUT2D eigenvalue weighted by Gasteiger charge is -2.32. The fourth-order valence-corrected chi connectivity index (χ4v) is 4.00. The first kappa shape index (κ1) is 17.4. The van der Waals surface area contributed by atoms with E-state index in [1.165, 1.54) is 0 Å². The largest absolute Gasteiger partial charge is 0.389 e. The average Bonchev–Trinajstić information content (AvgIpc) is 3.45. The van der Waals surface area contributed by atoms with Gasteiger partial charge in [-0.1, -0.05) is 23.4 Å². The Morgan fingerprint density at radius 3 is 2.52 bits per heavy atom. The molecule has 1 aromatic carbocycles. The van der Waals surface area contributed by atoms with Crippen LogP contribution in [0.15, 0.2) is 58.7 Å². The Kier molecular flexibility index (Phi) is 5.03. The molecule has 25 heavy (non-hydrogen) atoms. The first-order chi connectivity index (χ1) is 12.0. The first-order valence-electron chi connectivity index (χ1n) is 7.75. The molecule has 2 aromatic rings. The van der Waals surface area contributed by atoms with E-state index >= 15 is 0 Å². The van der Waals surface area contributed by atoms with Gasteiger partial charge < -0.3 is 10.6 Å². The predicted octanol–water partition coefficient (Wildman–Crippen LogP) is 2.76. The summed E-state index contributed by atoms with van der Waals surface area (Å²) in [5, 5.41) is 3.75. The number of primary amides is 1. The molecular weight excluding hydrogens is 342 g/mol. The Hall–Kier alpha value is -2.42. The highest BCUT2D eigenvalue weighted by Gasteiger charge is 2.36. The number of hydrogen-bond acceptors (Lipinski definition) is 6. The second-order valence-electron chi connectivity index (χ2n) is 5.72. The second kappa shape index (κ2) is 7.22. The summed E-state index contributed by atoms with van der Waals surface area (Å²) >= 11 is 0. The number of pyridine rings is 1. The maximum absolute atomic E-state index is 11.6. The highest BCUT2D eigenvalue weighted by Crippen LogP contribution is 2.61. The standard InChI is InChI=1S/C17H19N3O4S/c18-17(21)16(20-24-11-13-3-1-2-10-19-13)12-4-6-14(7-5-12)25(22,23)15-8-9-15/h1-7,10,15,22-23H,8-9,11H2,(H2,18,21)/b20-16+. The molecule has 7 nitrogen and oxygen atoms in total. The van der Waals surface area contributed by atoms with E-state index in [4.69, 9.17) is 10.6 Å². The summed E-state index contributed by atoms with van der Waals surface area (Å²) < 4.78 is 20.4. The van der Waals surface area contributed by atoms with Crippen molar-refractivity contribution in [3.05, 3.63) is 59.9 Å². The van der Waals surface area contributed by atoms with E-state index in [2.05, 4.69) is 10.1 Å². The van der Waals surface area contributed by atoms with Crippen molar-refractivity contribution in [3.8, 4) is 0 Å². The second-order valence-corrected chi connectivity index (χ2v) is 8.04. The predicted molar refractivity (Wildman–Crippen MR) is 95.3 cm³/mol. The van der Waals surface area contributed by atoms with Crippen LogP contribution in [0.3, 0.4) is 0 Å². The van der Waals surface area contributed by atoms with Gasteiger partial charge in [-0.2, -0.15) is 10.6 Å². The molecule has 1 aliphatic carbocycles. The molecule has 0 bridgehead atoms. The summed E-state index contributed by atoms with van der Waals surface area (Å²) in [6.45, 7) is 0.109. The van der Waals surface area contributed by atoms with E-state index in [1.54, 1.807) is 42.6 Å². The molecule has 0 radical (unpaired) electrons. The Labute approximate surface area is 146 Å². The maximum Gasteiger partial charge on any atom is 0.271 e. The van der Waals surface area contributed by atoms with E-state index in [0.29, 0.717) is 16.2 Å². The molecule has 132 valence electrons. The fraction of sp³-hybridized carbons (Fsp3) is 0.235. The molecule has 1 aliphatic rings. The number of benzene rings is 1. The molecule has 8 heteroatoms. The molecule has 0 aliphatic heterocycles. The third kappa shape index (κ3) is 4.16. The zero-order valence-electron chi connectivity index (χ0n) is 13.4. The highest BCUT2D eigenvalue weighted by molar-refractivity contribution is 8.25. The van der Waals surface area contributed by atoms with Gasteiger partial charge in [0.05, 0.1) is 15.8 Å². The van der Waals surface area contributed by atoms with E-state index in [9.17, 15) is 13.9 Å². The number of aromatic nitrogens is 1. The molecule has 0 atom stereocenters. The first-order valence-corrected chi connectivity index (χ1v) is 9.36. The molecule has 1 aromatic heterocycles. The zero-order chi connectivity index (χ0) is 17.9.